The van der Waals surface area contributed by atoms with E-state index in [1.807, 2.05) is 4.90 Å². The minimum absolute atomic E-state index is 0.0653. The Morgan fingerprint density at radius 1 is 1.08 bits per heavy atom. The number of pyridine rings is 1. The number of piperazine rings is 1. The molecule has 3 rings (SSSR count). The number of anilines is 1. The van der Waals surface area contributed by atoms with Crippen molar-refractivity contribution in [1.29, 1.82) is 0 Å². The number of alkyl halides is 3. The van der Waals surface area contributed by atoms with Crippen LogP contribution < -0.4 is 4.90 Å². The monoisotopic (exact) mass is 384 g/mol. The van der Waals surface area contributed by atoms with Gasteiger partial charge in [0.1, 0.15) is 5.82 Å². The van der Waals surface area contributed by atoms with Crippen LogP contribution in [0.4, 0.5) is 19.0 Å². The molecule has 142 valence electrons. The summed E-state index contributed by atoms with van der Waals surface area (Å²) >= 11 is 1.70. The first-order valence-electron chi connectivity index (χ1n) is 8.58. The molecule has 4 nitrogen and oxygen atoms in total. The lowest BCUT2D eigenvalue weighted by molar-refractivity contribution is -0.137. The SMILES string of the molecule is CC(C)(C)c1nc(CN2CCN(c3ccc(C(F)(F)F)cn3)CC2)cs1. The van der Waals surface area contributed by atoms with Gasteiger partial charge in [-0.15, -0.1) is 11.3 Å². The number of rotatable bonds is 3. The molecule has 0 atom stereocenters. The van der Waals surface area contributed by atoms with Gasteiger partial charge in [-0.1, -0.05) is 20.8 Å². The maximum atomic E-state index is 12.6. The molecule has 1 aliphatic heterocycles. The van der Waals surface area contributed by atoms with Crippen LogP contribution in [-0.4, -0.2) is 41.0 Å². The molecule has 1 saturated heterocycles. The van der Waals surface area contributed by atoms with E-state index in [1.165, 1.54) is 6.07 Å². The van der Waals surface area contributed by atoms with Crippen molar-refractivity contribution < 1.29 is 13.2 Å². The number of thiazole rings is 1. The molecule has 8 heteroatoms. The van der Waals surface area contributed by atoms with Gasteiger partial charge >= 0.3 is 6.18 Å². The third kappa shape index (κ3) is 4.54. The van der Waals surface area contributed by atoms with Crippen LogP contribution in [0.5, 0.6) is 0 Å². The molecule has 0 aromatic carbocycles. The Bertz CT molecular complexity index is 726. The summed E-state index contributed by atoms with van der Waals surface area (Å²) in [5, 5.41) is 3.25. The molecule has 0 radical (unpaired) electrons. The van der Waals surface area contributed by atoms with Crippen molar-refractivity contribution in [1.82, 2.24) is 14.9 Å². The minimum atomic E-state index is -4.34. The van der Waals surface area contributed by atoms with E-state index in [1.54, 1.807) is 11.3 Å². The lowest BCUT2D eigenvalue weighted by Gasteiger charge is -2.35. The second-order valence-corrected chi connectivity index (χ2v) is 8.42. The number of halogens is 3. The maximum Gasteiger partial charge on any atom is 0.417 e. The van der Waals surface area contributed by atoms with Crippen molar-refractivity contribution in [3.63, 3.8) is 0 Å². The van der Waals surface area contributed by atoms with Crippen LogP contribution in [0.1, 0.15) is 37.0 Å². The maximum absolute atomic E-state index is 12.6. The zero-order chi connectivity index (χ0) is 18.9. The molecule has 0 spiro atoms. The Morgan fingerprint density at radius 2 is 1.77 bits per heavy atom. The highest BCUT2D eigenvalue weighted by atomic mass is 32.1. The van der Waals surface area contributed by atoms with Gasteiger partial charge in [0.05, 0.1) is 16.3 Å². The Balaban J connectivity index is 1.55. The van der Waals surface area contributed by atoms with E-state index in [4.69, 9.17) is 4.98 Å². The molecular formula is C18H23F3N4S. The van der Waals surface area contributed by atoms with Crippen molar-refractivity contribution in [3.05, 3.63) is 40.0 Å². The third-order valence-electron chi connectivity index (χ3n) is 4.35. The zero-order valence-electron chi connectivity index (χ0n) is 15.2. The normalized spacial score (nSPS) is 16.9. The summed E-state index contributed by atoms with van der Waals surface area (Å²) in [5.74, 6) is 0.598. The molecule has 0 aliphatic carbocycles. The van der Waals surface area contributed by atoms with E-state index in [2.05, 4.69) is 36.0 Å². The molecule has 0 N–H and O–H groups in total. The van der Waals surface area contributed by atoms with Gasteiger partial charge in [-0.2, -0.15) is 13.2 Å². The first-order valence-corrected chi connectivity index (χ1v) is 9.46. The fourth-order valence-corrected chi connectivity index (χ4v) is 3.73. The predicted molar refractivity (Wildman–Crippen MR) is 97.5 cm³/mol. The van der Waals surface area contributed by atoms with E-state index >= 15 is 0 Å². The van der Waals surface area contributed by atoms with Crippen molar-refractivity contribution in [3.8, 4) is 0 Å². The Labute approximate surface area is 155 Å². The highest BCUT2D eigenvalue weighted by Crippen LogP contribution is 2.30. The minimum Gasteiger partial charge on any atom is -0.354 e. The van der Waals surface area contributed by atoms with Gasteiger partial charge in [0.25, 0.3) is 0 Å². The summed E-state index contributed by atoms with van der Waals surface area (Å²) in [6.45, 7) is 10.4. The van der Waals surface area contributed by atoms with Crippen LogP contribution in [0.15, 0.2) is 23.7 Å². The average Bonchev–Trinajstić information content (AvgIpc) is 3.04. The second-order valence-electron chi connectivity index (χ2n) is 7.56. The topological polar surface area (TPSA) is 32.3 Å². The van der Waals surface area contributed by atoms with E-state index < -0.39 is 11.7 Å². The van der Waals surface area contributed by atoms with Gasteiger partial charge in [0.15, 0.2) is 0 Å². The molecule has 26 heavy (non-hydrogen) atoms. The summed E-state index contributed by atoms with van der Waals surface area (Å²) < 4.78 is 37.9. The highest BCUT2D eigenvalue weighted by molar-refractivity contribution is 7.09. The van der Waals surface area contributed by atoms with Crippen molar-refractivity contribution in [2.45, 2.75) is 38.9 Å². The summed E-state index contributed by atoms with van der Waals surface area (Å²) in [5.41, 5.74) is 0.440. The molecule has 3 heterocycles. The Kier molecular flexibility index (Phi) is 5.25. The molecular weight excluding hydrogens is 361 g/mol. The zero-order valence-corrected chi connectivity index (χ0v) is 16.0. The van der Waals surface area contributed by atoms with Gasteiger partial charge in [0.2, 0.25) is 0 Å². The standard InChI is InChI=1S/C18H23F3N4S/c1-17(2,3)16-23-14(12-26-16)11-24-6-8-25(9-7-24)15-5-4-13(10-22-15)18(19,20)21/h4-5,10,12H,6-9,11H2,1-3H3. The van der Waals surface area contributed by atoms with Gasteiger partial charge in [-0.3, -0.25) is 4.90 Å². The lowest BCUT2D eigenvalue weighted by atomic mass is 9.98. The highest BCUT2D eigenvalue weighted by Gasteiger charge is 2.31. The van der Waals surface area contributed by atoms with E-state index in [0.29, 0.717) is 5.82 Å². The first kappa shape index (κ1) is 19.1. The van der Waals surface area contributed by atoms with E-state index in [-0.39, 0.29) is 5.41 Å². The largest absolute Gasteiger partial charge is 0.417 e. The quantitative estimate of drug-likeness (QED) is 0.795. The van der Waals surface area contributed by atoms with Gasteiger partial charge in [-0.05, 0) is 12.1 Å². The fourth-order valence-electron chi connectivity index (χ4n) is 2.83. The van der Waals surface area contributed by atoms with Gasteiger partial charge < -0.3 is 4.90 Å². The van der Waals surface area contributed by atoms with Crippen LogP contribution in [0, 0.1) is 0 Å². The summed E-state index contributed by atoms with van der Waals surface area (Å²) in [7, 11) is 0. The molecule has 0 bridgehead atoms. The van der Waals surface area contributed by atoms with Crippen molar-refractivity contribution in [2.75, 3.05) is 31.1 Å². The molecule has 1 fully saturated rings. The van der Waals surface area contributed by atoms with Crippen LogP contribution in [0.25, 0.3) is 0 Å². The van der Waals surface area contributed by atoms with Gasteiger partial charge in [-0.25, -0.2) is 9.97 Å². The predicted octanol–water partition coefficient (Wildman–Crippen LogP) is 4.18. The fraction of sp³-hybridized carbons (Fsp3) is 0.556. The lowest BCUT2D eigenvalue weighted by Crippen LogP contribution is -2.46. The first-order chi connectivity index (χ1) is 12.1. The summed E-state index contributed by atoms with van der Waals surface area (Å²) in [6, 6.07) is 2.55. The van der Waals surface area contributed by atoms with E-state index in [9.17, 15) is 13.2 Å². The Hall–Kier alpha value is -1.67. The molecule has 0 saturated carbocycles. The molecule has 2 aromatic heterocycles. The van der Waals surface area contributed by atoms with Gasteiger partial charge in [0, 0.05) is 49.7 Å². The van der Waals surface area contributed by atoms with Crippen LogP contribution >= 0.6 is 11.3 Å². The number of nitrogens with zero attached hydrogens (tertiary/aromatic N) is 4. The number of hydrogen-bond acceptors (Lipinski definition) is 5. The third-order valence-corrected chi connectivity index (χ3v) is 5.67. The van der Waals surface area contributed by atoms with Crippen LogP contribution in [-0.2, 0) is 18.1 Å². The average molecular weight is 384 g/mol. The van der Waals surface area contributed by atoms with E-state index in [0.717, 1.165) is 55.7 Å². The van der Waals surface area contributed by atoms with Crippen LogP contribution in [0.2, 0.25) is 0 Å². The Morgan fingerprint density at radius 3 is 2.27 bits per heavy atom. The number of aromatic nitrogens is 2. The molecule has 0 amide bonds. The molecule has 0 unspecified atom stereocenters. The second kappa shape index (κ2) is 7.15. The molecule has 1 aliphatic rings. The summed E-state index contributed by atoms with van der Waals surface area (Å²) in [6.07, 6.45) is -3.44. The molecule has 2 aromatic rings. The smallest absolute Gasteiger partial charge is 0.354 e. The van der Waals surface area contributed by atoms with Crippen molar-refractivity contribution >= 4 is 17.2 Å². The number of hydrogen-bond donors (Lipinski definition) is 0. The van der Waals surface area contributed by atoms with Crippen LogP contribution in [0.3, 0.4) is 0 Å². The summed E-state index contributed by atoms with van der Waals surface area (Å²) in [4.78, 5) is 13.1. The van der Waals surface area contributed by atoms with Crippen molar-refractivity contribution in [2.24, 2.45) is 0 Å².